The predicted octanol–water partition coefficient (Wildman–Crippen LogP) is 5.70. The fourth-order valence-corrected chi connectivity index (χ4v) is 3.01. The molecule has 4 aromatic rings. The van der Waals surface area contributed by atoms with Gasteiger partial charge < -0.3 is 15.1 Å². The molecule has 0 spiro atoms. The average molecular weight is 374 g/mol. The van der Waals surface area contributed by atoms with Gasteiger partial charge in [-0.1, -0.05) is 54.1 Å². The lowest BCUT2D eigenvalue weighted by atomic mass is 10.0. The van der Waals surface area contributed by atoms with Gasteiger partial charge in [-0.3, -0.25) is 0 Å². The molecule has 144 valence electrons. The number of aromatic nitrogens is 2. The van der Waals surface area contributed by atoms with Crippen LogP contribution in [0, 0.1) is 20.8 Å². The molecule has 4 rings (SSSR count). The average Bonchev–Trinajstić information content (AvgIpc) is 3.13. The largest absolute Gasteiger partial charge is 0.388 e. The van der Waals surface area contributed by atoms with Crippen molar-refractivity contribution in [1.29, 1.82) is 0 Å². The summed E-state index contributed by atoms with van der Waals surface area (Å²) in [6, 6.07) is 22.7. The Morgan fingerprint density at radius 1 is 0.857 bits per heavy atom. The van der Waals surface area contributed by atoms with Gasteiger partial charge in [0.25, 0.3) is 0 Å². The van der Waals surface area contributed by atoms with Crippen LogP contribution in [0.3, 0.4) is 0 Å². The first-order valence-corrected chi connectivity index (χ1v) is 9.13. The maximum Gasteiger partial charge on any atom is 0.139 e. The minimum Gasteiger partial charge on any atom is -0.388 e. The molecule has 0 atom stereocenters. The van der Waals surface area contributed by atoms with Crippen molar-refractivity contribution >= 4 is 23.5 Å². The molecule has 0 amide bonds. The van der Waals surface area contributed by atoms with E-state index in [9.17, 15) is 0 Å². The first-order valence-electron chi connectivity index (χ1n) is 9.13. The molecule has 28 heavy (non-hydrogen) atoms. The number of aryl methyl sites for hydroxylation is 3. The number of aromatic amines is 1. The van der Waals surface area contributed by atoms with E-state index in [1.54, 1.807) is 0 Å². The Hall–Kier alpha value is -3.40. The number of hydrogen-bond acceptors (Lipinski definition) is 3. The Bertz CT molecular complexity index is 1000. The summed E-state index contributed by atoms with van der Waals surface area (Å²) in [5.41, 5.74) is 8.15. The normalized spacial score (nSPS) is 9.71. The fourth-order valence-electron chi connectivity index (χ4n) is 3.01. The van der Waals surface area contributed by atoms with Crippen molar-refractivity contribution in [3.63, 3.8) is 0 Å². The lowest BCUT2D eigenvalue weighted by Crippen LogP contribution is -1.89. The van der Waals surface area contributed by atoms with Crippen LogP contribution in [0.2, 0.25) is 0 Å². The second kappa shape index (κ2) is 10.1. The summed E-state index contributed by atoms with van der Waals surface area (Å²) in [6.07, 6.45) is 0. The molecule has 0 aliphatic rings. The van der Waals surface area contributed by atoms with E-state index >= 15 is 0 Å². The van der Waals surface area contributed by atoms with E-state index in [-0.39, 0.29) is 0 Å². The molecule has 0 saturated heterocycles. The predicted molar refractivity (Wildman–Crippen MR) is 119 cm³/mol. The molecule has 2 N–H and O–H groups in total. The van der Waals surface area contributed by atoms with Gasteiger partial charge in [0, 0.05) is 18.3 Å². The smallest absolute Gasteiger partial charge is 0.139 e. The Morgan fingerprint density at radius 3 is 2.04 bits per heavy atom. The molecule has 0 aliphatic carbocycles. The highest BCUT2D eigenvalue weighted by molar-refractivity contribution is 5.83. The highest BCUT2D eigenvalue weighted by Crippen LogP contribution is 2.27. The number of anilines is 1. The highest BCUT2D eigenvalue weighted by atomic mass is 16.1. The van der Waals surface area contributed by atoms with Crippen LogP contribution in [-0.2, 0) is 4.79 Å². The van der Waals surface area contributed by atoms with Crippen LogP contribution in [0.25, 0.3) is 22.4 Å². The molecule has 1 heterocycles. The van der Waals surface area contributed by atoms with E-state index in [2.05, 4.69) is 67.5 Å². The molecular weight excluding hydrogens is 346 g/mol. The van der Waals surface area contributed by atoms with Crippen LogP contribution >= 0.6 is 0 Å². The third-order valence-corrected chi connectivity index (χ3v) is 4.43. The second-order valence-electron chi connectivity index (χ2n) is 6.49. The van der Waals surface area contributed by atoms with Gasteiger partial charge in [-0.15, -0.1) is 0 Å². The summed E-state index contributed by atoms with van der Waals surface area (Å²) < 4.78 is 0. The van der Waals surface area contributed by atoms with Gasteiger partial charge >= 0.3 is 0 Å². The lowest BCUT2D eigenvalue weighted by Gasteiger charge is -2.05. The molecule has 4 heteroatoms. The van der Waals surface area contributed by atoms with Gasteiger partial charge in [0.2, 0.25) is 0 Å². The van der Waals surface area contributed by atoms with Crippen LogP contribution in [0.5, 0.6) is 0 Å². The summed E-state index contributed by atoms with van der Waals surface area (Å²) in [7, 11) is 1.92. The zero-order chi connectivity index (χ0) is 20.5. The van der Waals surface area contributed by atoms with E-state index in [1.165, 1.54) is 22.3 Å². The number of fused-ring (bicyclic) bond motifs is 1. The molecule has 0 radical (unpaired) electrons. The van der Waals surface area contributed by atoms with Crippen molar-refractivity contribution in [3.05, 3.63) is 83.4 Å². The number of rotatable bonds is 2. The van der Waals surface area contributed by atoms with Crippen molar-refractivity contribution in [3.8, 4) is 11.4 Å². The van der Waals surface area contributed by atoms with Gasteiger partial charge in [-0.05, 0) is 50.1 Å². The Balaban J connectivity index is 0.000000261. The number of carbonyl (C=O) groups excluding carboxylic acids is 1. The van der Waals surface area contributed by atoms with E-state index in [0.29, 0.717) is 0 Å². The van der Waals surface area contributed by atoms with E-state index in [0.717, 1.165) is 22.5 Å². The first kappa shape index (κ1) is 20.9. The Kier molecular flexibility index (Phi) is 7.52. The Morgan fingerprint density at radius 2 is 1.50 bits per heavy atom. The third-order valence-electron chi connectivity index (χ3n) is 4.43. The van der Waals surface area contributed by atoms with Crippen molar-refractivity contribution < 1.29 is 4.79 Å². The standard InChI is InChI=1S/C16H17N3.C7H8.CH2O/c1-10-5-4-6-11(2)15(10)16-18-13-8-7-12(17-3)9-14(13)19-16;1-7-5-3-2-4-6-7;1-2/h4-9,17H,1-3H3,(H,18,19);2-6H,1H3;1H2. The number of H-pyrrole nitrogens is 1. The summed E-state index contributed by atoms with van der Waals surface area (Å²) in [5, 5.41) is 3.14. The van der Waals surface area contributed by atoms with Gasteiger partial charge in [0.05, 0.1) is 11.0 Å². The maximum absolute atomic E-state index is 8.00. The van der Waals surface area contributed by atoms with E-state index < -0.39 is 0 Å². The molecule has 0 fully saturated rings. The maximum atomic E-state index is 8.00. The van der Waals surface area contributed by atoms with E-state index in [4.69, 9.17) is 9.78 Å². The van der Waals surface area contributed by atoms with Crippen LogP contribution in [-0.4, -0.2) is 23.8 Å². The minimum atomic E-state index is 0.943. The molecular formula is C24H27N3O. The molecule has 4 nitrogen and oxygen atoms in total. The van der Waals surface area contributed by atoms with Crippen LogP contribution in [0.4, 0.5) is 5.69 Å². The quantitative estimate of drug-likeness (QED) is 0.474. The molecule has 3 aromatic carbocycles. The van der Waals surface area contributed by atoms with Crippen LogP contribution in [0.15, 0.2) is 66.7 Å². The number of nitrogens with one attached hydrogen (secondary N) is 2. The van der Waals surface area contributed by atoms with Crippen molar-refractivity contribution in [1.82, 2.24) is 9.97 Å². The first-order chi connectivity index (χ1) is 13.6. The van der Waals surface area contributed by atoms with Crippen molar-refractivity contribution in [2.75, 3.05) is 12.4 Å². The minimum absolute atomic E-state index is 0.943. The van der Waals surface area contributed by atoms with Gasteiger partial charge in [-0.2, -0.15) is 0 Å². The van der Waals surface area contributed by atoms with Gasteiger partial charge in [0.1, 0.15) is 12.6 Å². The van der Waals surface area contributed by atoms with E-state index in [1.807, 2.05) is 44.2 Å². The number of benzene rings is 3. The van der Waals surface area contributed by atoms with Gasteiger partial charge in [-0.25, -0.2) is 4.98 Å². The molecule has 0 aliphatic heterocycles. The summed E-state index contributed by atoms with van der Waals surface area (Å²) in [5.74, 6) is 0.943. The number of carbonyl (C=O) groups is 1. The zero-order valence-electron chi connectivity index (χ0n) is 16.9. The summed E-state index contributed by atoms with van der Waals surface area (Å²) >= 11 is 0. The number of hydrogen-bond donors (Lipinski definition) is 2. The van der Waals surface area contributed by atoms with Crippen molar-refractivity contribution in [2.45, 2.75) is 20.8 Å². The molecule has 0 saturated carbocycles. The summed E-state index contributed by atoms with van der Waals surface area (Å²) in [6.45, 7) is 8.32. The second-order valence-corrected chi connectivity index (χ2v) is 6.49. The highest BCUT2D eigenvalue weighted by Gasteiger charge is 2.10. The molecule has 0 unspecified atom stereocenters. The van der Waals surface area contributed by atoms with Crippen LogP contribution < -0.4 is 5.32 Å². The zero-order valence-corrected chi connectivity index (χ0v) is 16.9. The molecule has 1 aromatic heterocycles. The topological polar surface area (TPSA) is 57.8 Å². The number of imidazole rings is 1. The SMILES string of the molecule is C=O.CNc1ccc2nc(-c3c(C)cccc3C)[nH]c2c1.Cc1ccccc1. The van der Waals surface area contributed by atoms with Crippen LogP contribution in [0.1, 0.15) is 16.7 Å². The Labute approximate surface area is 166 Å². The fraction of sp³-hybridized carbons (Fsp3) is 0.167. The van der Waals surface area contributed by atoms with Crippen molar-refractivity contribution in [2.24, 2.45) is 0 Å². The van der Waals surface area contributed by atoms with Gasteiger partial charge in [0.15, 0.2) is 0 Å². The monoisotopic (exact) mass is 373 g/mol. The third kappa shape index (κ3) is 5.07. The molecule has 0 bridgehead atoms. The lowest BCUT2D eigenvalue weighted by molar-refractivity contribution is -0.0979. The summed E-state index contributed by atoms with van der Waals surface area (Å²) in [4.78, 5) is 16.1. The number of nitrogens with zero attached hydrogens (tertiary/aromatic N) is 1.